The van der Waals surface area contributed by atoms with Crippen LogP contribution in [0.4, 0.5) is 0 Å². The summed E-state index contributed by atoms with van der Waals surface area (Å²) in [6, 6.07) is 0. The normalized spacial score (nSPS) is 38.5. The Bertz CT molecular complexity index is 140. The summed E-state index contributed by atoms with van der Waals surface area (Å²) in [7, 11) is 0. The molecule has 1 heterocycles. The Balaban J connectivity index is 2.51. The van der Waals surface area contributed by atoms with Gasteiger partial charge in [0.1, 0.15) is 24.4 Å². The molecule has 0 aromatic carbocycles. The lowest BCUT2D eigenvalue weighted by Gasteiger charge is -2.21. The minimum absolute atomic E-state index is 0.0334. The van der Waals surface area contributed by atoms with E-state index in [4.69, 9.17) is 20.8 Å². The molecule has 0 radical (unpaired) electrons. The van der Waals surface area contributed by atoms with Crippen molar-refractivity contribution in [1.82, 2.24) is 0 Å². The van der Waals surface area contributed by atoms with Gasteiger partial charge in [-0.3, -0.25) is 4.84 Å². The number of hydrogen-bond acceptors (Lipinski definition) is 6. The Morgan fingerprint density at radius 2 is 2.25 bits per heavy atom. The average Bonchev–Trinajstić information content (AvgIpc) is 2.38. The first-order valence-electron chi connectivity index (χ1n) is 3.64. The average molecular weight is 179 g/mol. The van der Waals surface area contributed by atoms with Crippen molar-refractivity contribution in [3.05, 3.63) is 0 Å². The molecule has 1 fully saturated rings. The second kappa shape index (κ2) is 4.13. The zero-order valence-electron chi connectivity index (χ0n) is 6.46. The van der Waals surface area contributed by atoms with Crippen LogP contribution in [0.25, 0.3) is 0 Å². The fraction of sp³-hybridized carbons (Fsp3) is 1.00. The monoisotopic (exact) mass is 179 g/mol. The molecular weight excluding hydrogens is 166 g/mol. The van der Waals surface area contributed by atoms with Crippen LogP contribution in [-0.4, -0.2) is 52.9 Å². The van der Waals surface area contributed by atoms with E-state index in [0.717, 1.165) is 0 Å². The Morgan fingerprint density at radius 3 is 2.58 bits per heavy atom. The number of rotatable bonds is 3. The van der Waals surface area contributed by atoms with Gasteiger partial charge in [-0.05, 0) is 0 Å². The van der Waals surface area contributed by atoms with Crippen LogP contribution in [0.15, 0.2) is 0 Å². The van der Waals surface area contributed by atoms with Gasteiger partial charge in [-0.25, -0.2) is 5.90 Å². The van der Waals surface area contributed by atoms with Crippen LogP contribution in [0, 0.1) is 0 Å². The number of aliphatic hydroxyl groups excluding tert-OH is 3. The molecule has 0 spiro atoms. The summed E-state index contributed by atoms with van der Waals surface area (Å²) in [5.41, 5.74) is 0. The van der Waals surface area contributed by atoms with Crippen molar-refractivity contribution in [2.75, 3.05) is 13.2 Å². The van der Waals surface area contributed by atoms with Crippen molar-refractivity contribution in [1.29, 1.82) is 0 Å². The third kappa shape index (κ3) is 1.74. The van der Waals surface area contributed by atoms with Crippen LogP contribution in [0.3, 0.4) is 0 Å². The fourth-order valence-electron chi connectivity index (χ4n) is 1.18. The zero-order valence-corrected chi connectivity index (χ0v) is 6.46. The van der Waals surface area contributed by atoms with E-state index < -0.39 is 24.4 Å². The molecule has 0 aliphatic carbocycles. The van der Waals surface area contributed by atoms with Crippen molar-refractivity contribution in [2.45, 2.75) is 24.4 Å². The Hall–Kier alpha value is -0.240. The molecule has 1 aliphatic heterocycles. The lowest BCUT2D eigenvalue weighted by atomic mass is 10.1. The Morgan fingerprint density at radius 1 is 1.58 bits per heavy atom. The van der Waals surface area contributed by atoms with Crippen LogP contribution in [0.5, 0.6) is 0 Å². The molecule has 4 atom stereocenters. The number of nitrogens with two attached hydrogens (primary N) is 1. The molecule has 5 N–H and O–H groups in total. The molecule has 0 saturated carbocycles. The summed E-state index contributed by atoms with van der Waals surface area (Å²) in [6.07, 6.45) is -3.53. The van der Waals surface area contributed by atoms with Crippen molar-refractivity contribution in [3.8, 4) is 0 Å². The first-order valence-corrected chi connectivity index (χ1v) is 3.64. The van der Waals surface area contributed by atoms with Crippen LogP contribution in [-0.2, 0) is 9.57 Å². The third-order valence-corrected chi connectivity index (χ3v) is 1.91. The van der Waals surface area contributed by atoms with E-state index >= 15 is 0 Å². The summed E-state index contributed by atoms with van der Waals surface area (Å²) in [5, 5.41) is 27.0. The molecule has 12 heavy (non-hydrogen) atoms. The highest BCUT2D eigenvalue weighted by Gasteiger charge is 2.40. The van der Waals surface area contributed by atoms with E-state index in [9.17, 15) is 5.11 Å². The minimum atomic E-state index is -1.05. The van der Waals surface area contributed by atoms with Crippen molar-refractivity contribution in [2.24, 2.45) is 5.90 Å². The largest absolute Gasteiger partial charge is 0.393 e. The SMILES string of the molecule is NO[C@H](CO)[C@H]1OC[C@H](O)[C@H]1O. The van der Waals surface area contributed by atoms with Gasteiger partial charge >= 0.3 is 0 Å². The quantitative estimate of drug-likeness (QED) is 0.353. The van der Waals surface area contributed by atoms with Crippen molar-refractivity contribution >= 4 is 0 Å². The van der Waals surface area contributed by atoms with Crippen molar-refractivity contribution in [3.63, 3.8) is 0 Å². The van der Waals surface area contributed by atoms with Gasteiger partial charge in [-0.15, -0.1) is 0 Å². The van der Waals surface area contributed by atoms with Gasteiger partial charge in [-0.2, -0.15) is 0 Å². The lowest BCUT2D eigenvalue weighted by Crippen LogP contribution is -2.43. The smallest absolute Gasteiger partial charge is 0.130 e. The van der Waals surface area contributed by atoms with Gasteiger partial charge in [0, 0.05) is 0 Å². The fourth-order valence-corrected chi connectivity index (χ4v) is 1.18. The van der Waals surface area contributed by atoms with Gasteiger partial charge in [0.25, 0.3) is 0 Å². The third-order valence-electron chi connectivity index (χ3n) is 1.91. The van der Waals surface area contributed by atoms with E-state index in [1.807, 2.05) is 0 Å². The summed E-state index contributed by atoms with van der Waals surface area (Å²) < 4.78 is 4.96. The maximum atomic E-state index is 9.27. The summed E-state index contributed by atoms with van der Waals surface area (Å²) in [5.74, 6) is 4.84. The van der Waals surface area contributed by atoms with E-state index in [-0.39, 0.29) is 13.2 Å². The van der Waals surface area contributed by atoms with E-state index in [1.54, 1.807) is 0 Å². The minimum Gasteiger partial charge on any atom is -0.393 e. The van der Waals surface area contributed by atoms with E-state index in [0.29, 0.717) is 0 Å². The molecule has 6 nitrogen and oxygen atoms in total. The van der Waals surface area contributed by atoms with E-state index in [2.05, 4.69) is 4.84 Å². The molecule has 6 heteroatoms. The molecule has 0 aromatic rings. The highest BCUT2D eigenvalue weighted by atomic mass is 16.6. The second-order valence-electron chi connectivity index (χ2n) is 2.71. The van der Waals surface area contributed by atoms with Crippen LogP contribution >= 0.6 is 0 Å². The van der Waals surface area contributed by atoms with Crippen LogP contribution in [0.2, 0.25) is 0 Å². The summed E-state index contributed by atoms with van der Waals surface area (Å²) in [4.78, 5) is 4.36. The molecule has 0 aromatic heterocycles. The van der Waals surface area contributed by atoms with Gasteiger partial charge in [-0.1, -0.05) is 0 Å². The molecule has 0 amide bonds. The number of hydrogen-bond donors (Lipinski definition) is 4. The maximum absolute atomic E-state index is 9.27. The molecule has 1 saturated heterocycles. The predicted molar refractivity (Wildman–Crippen MR) is 37.9 cm³/mol. The van der Waals surface area contributed by atoms with Crippen molar-refractivity contribution < 1.29 is 24.9 Å². The topological polar surface area (TPSA) is 105 Å². The maximum Gasteiger partial charge on any atom is 0.130 e. The van der Waals surface area contributed by atoms with E-state index in [1.165, 1.54) is 0 Å². The molecular formula is C6H13NO5. The summed E-state index contributed by atoms with van der Waals surface area (Å²) >= 11 is 0. The number of ether oxygens (including phenoxy) is 1. The first-order chi connectivity index (χ1) is 5.70. The zero-order chi connectivity index (χ0) is 9.14. The van der Waals surface area contributed by atoms with Gasteiger partial charge in [0.15, 0.2) is 0 Å². The van der Waals surface area contributed by atoms with Gasteiger partial charge in [0.05, 0.1) is 13.2 Å². The highest BCUT2D eigenvalue weighted by Crippen LogP contribution is 2.18. The standard InChI is InChI=1S/C6H13NO5/c7-12-4(1-8)6-5(10)3(9)2-11-6/h3-6,8-10H,1-2,7H2/t3-,4+,5+,6+/m0/s1. The summed E-state index contributed by atoms with van der Waals surface area (Å²) in [6.45, 7) is -0.323. The van der Waals surface area contributed by atoms with Gasteiger partial charge < -0.3 is 20.1 Å². The Labute approximate surface area is 69.5 Å². The molecule has 1 aliphatic rings. The molecule has 72 valence electrons. The predicted octanol–water partition coefficient (Wildman–Crippen LogP) is -2.64. The second-order valence-corrected chi connectivity index (χ2v) is 2.71. The Kier molecular flexibility index (Phi) is 3.39. The molecule has 1 rings (SSSR count). The molecule has 0 unspecified atom stereocenters. The number of aliphatic hydroxyl groups is 3. The molecule has 0 bridgehead atoms. The first kappa shape index (κ1) is 9.85. The van der Waals surface area contributed by atoms with Crippen LogP contribution in [0.1, 0.15) is 0 Å². The highest BCUT2D eigenvalue weighted by molar-refractivity contribution is 4.88. The van der Waals surface area contributed by atoms with Gasteiger partial charge in [0.2, 0.25) is 0 Å². The van der Waals surface area contributed by atoms with Crippen LogP contribution < -0.4 is 5.90 Å². The lowest BCUT2D eigenvalue weighted by molar-refractivity contribution is -0.102.